The van der Waals surface area contributed by atoms with E-state index in [1.165, 1.54) is 6.33 Å². The van der Waals surface area contributed by atoms with Gasteiger partial charge in [-0.15, -0.1) is 0 Å². The molecule has 0 saturated heterocycles. The molecule has 92 valence electrons. The first kappa shape index (κ1) is 11.2. The third-order valence-corrected chi connectivity index (χ3v) is 2.90. The van der Waals surface area contributed by atoms with E-state index in [1.54, 1.807) is 12.4 Å². The fourth-order valence-electron chi connectivity index (χ4n) is 1.78. The predicted molar refractivity (Wildman–Crippen MR) is 66.2 cm³/mol. The molecular formula is C14H14N2O2. The van der Waals surface area contributed by atoms with Crippen LogP contribution in [0.3, 0.4) is 0 Å². The second-order valence-corrected chi connectivity index (χ2v) is 4.46. The van der Waals surface area contributed by atoms with Gasteiger partial charge in [-0.2, -0.15) is 0 Å². The zero-order valence-electron chi connectivity index (χ0n) is 9.86. The molecule has 1 aliphatic carbocycles. The van der Waals surface area contributed by atoms with E-state index in [9.17, 15) is 5.11 Å². The monoisotopic (exact) mass is 242 g/mol. The standard InChI is InChI=1S/C14H14N2O2/c17-14(11-7-15-9-16-8-11)10-2-1-3-13(6-10)18-12-4-5-12/h1-3,6-9,12,14,17H,4-5H2. The molecule has 0 radical (unpaired) electrons. The van der Waals surface area contributed by atoms with E-state index in [0.717, 1.165) is 24.2 Å². The van der Waals surface area contributed by atoms with Gasteiger partial charge in [-0.25, -0.2) is 9.97 Å². The summed E-state index contributed by atoms with van der Waals surface area (Å²) < 4.78 is 5.71. The van der Waals surface area contributed by atoms with Crippen molar-refractivity contribution in [1.29, 1.82) is 0 Å². The lowest BCUT2D eigenvalue weighted by Crippen LogP contribution is -2.02. The summed E-state index contributed by atoms with van der Waals surface area (Å²) in [5, 5.41) is 10.2. The van der Waals surface area contributed by atoms with Crippen molar-refractivity contribution in [2.24, 2.45) is 0 Å². The van der Waals surface area contributed by atoms with E-state index >= 15 is 0 Å². The average Bonchev–Trinajstić information content (AvgIpc) is 3.23. The summed E-state index contributed by atoms with van der Waals surface area (Å²) in [5.74, 6) is 0.811. The quantitative estimate of drug-likeness (QED) is 0.892. The predicted octanol–water partition coefficient (Wildman–Crippen LogP) is 2.10. The number of nitrogens with zero attached hydrogens (tertiary/aromatic N) is 2. The molecule has 3 rings (SSSR count). The Kier molecular flexibility index (Phi) is 2.94. The van der Waals surface area contributed by atoms with Crippen LogP contribution in [0, 0.1) is 0 Å². The lowest BCUT2D eigenvalue weighted by molar-refractivity contribution is 0.218. The number of hydrogen-bond donors (Lipinski definition) is 1. The van der Waals surface area contributed by atoms with Gasteiger partial charge < -0.3 is 9.84 Å². The highest BCUT2D eigenvalue weighted by Gasteiger charge is 2.23. The van der Waals surface area contributed by atoms with Crippen molar-refractivity contribution in [2.75, 3.05) is 0 Å². The van der Waals surface area contributed by atoms with E-state index in [0.29, 0.717) is 11.7 Å². The van der Waals surface area contributed by atoms with E-state index in [-0.39, 0.29) is 0 Å². The van der Waals surface area contributed by atoms with Gasteiger partial charge in [0.25, 0.3) is 0 Å². The molecule has 1 heterocycles. The number of ether oxygens (including phenoxy) is 1. The highest BCUT2D eigenvalue weighted by molar-refractivity contribution is 5.34. The summed E-state index contributed by atoms with van der Waals surface area (Å²) in [4.78, 5) is 7.82. The molecule has 0 aliphatic heterocycles. The topological polar surface area (TPSA) is 55.2 Å². The summed E-state index contributed by atoms with van der Waals surface area (Å²) in [6.45, 7) is 0. The zero-order valence-corrected chi connectivity index (χ0v) is 9.86. The number of aliphatic hydroxyl groups is 1. The van der Waals surface area contributed by atoms with Gasteiger partial charge in [0.05, 0.1) is 6.10 Å². The SMILES string of the molecule is OC(c1cncnc1)c1cccc(OC2CC2)c1. The van der Waals surface area contributed by atoms with Gasteiger partial charge in [0, 0.05) is 18.0 Å². The third-order valence-electron chi connectivity index (χ3n) is 2.90. The van der Waals surface area contributed by atoms with Crippen LogP contribution in [0.15, 0.2) is 43.0 Å². The van der Waals surface area contributed by atoms with Crippen molar-refractivity contribution < 1.29 is 9.84 Å². The molecule has 1 saturated carbocycles. The summed E-state index contributed by atoms with van der Waals surface area (Å²) in [5.41, 5.74) is 1.48. The molecule has 1 fully saturated rings. The summed E-state index contributed by atoms with van der Waals surface area (Å²) in [7, 11) is 0. The second-order valence-electron chi connectivity index (χ2n) is 4.46. The van der Waals surface area contributed by atoms with Gasteiger partial charge in [0.15, 0.2) is 0 Å². The average molecular weight is 242 g/mol. The number of rotatable bonds is 4. The van der Waals surface area contributed by atoms with E-state index in [4.69, 9.17) is 4.74 Å². The summed E-state index contributed by atoms with van der Waals surface area (Å²) in [6.07, 6.45) is 6.58. The lowest BCUT2D eigenvalue weighted by Gasteiger charge is -2.12. The minimum Gasteiger partial charge on any atom is -0.490 e. The largest absolute Gasteiger partial charge is 0.490 e. The molecule has 1 aromatic heterocycles. The first-order valence-electron chi connectivity index (χ1n) is 6.02. The maximum atomic E-state index is 10.2. The minimum absolute atomic E-state index is 0.359. The second kappa shape index (κ2) is 4.74. The summed E-state index contributed by atoms with van der Waals surface area (Å²) >= 11 is 0. The van der Waals surface area contributed by atoms with Crippen LogP contribution in [-0.2, 0) is 0 Å². The van der Waals surface area contributed by atoms with Crippen molar-refractivity contribution in [3.63, 3.8) is 0 Å². The van der Waals surface area contributed by atoms with Crippen LogP contribution in [0.1, 0.15) is 30.1 Å². The molecule has 1 aliphatic rings. The Morgan fingerprint density at radius 1 is 1.17 bits per heavy atom. The molecule has 0 spiro atoms. The highest BCUT2D eigenvalue weighted by Crippen LogP contribution is 2.29. The first-order chi connectivity index (χ1) is 8.83. The highest BCUT2D eigenvalue weighted by atomic mass is 16.5. The molecule has 4 nitrogen and oxygen atoms in total. The van der Waals surface area contributed by atoms with Gasteiger partial charge in [-0.05, 0) is 30.5 Å². The van der Waals surface area contributed by atoms with E-state index in [1.807, 2.05) is 24.3 Å². The number of aromatic nitrogens is 2. The number of hydrogen-bond acceptors (Lipinski definition) is 4. The van der Waals surface area contributed by atoms with Gasteiger partial charge in [0.1, 0.15) is 18.2 Å². The van der Waals surface area contributed by atoms with Gasteiger partial charge in [-0.1, -0.05) is 12.1 Å². The molecule has 1 unspecified atom stereocenters. The minimum atomic E-state index is -0.714. The van der Waals surface area contributed by atoms with Crippen LogP contribution in [-0.4, -0.2) is 21.2 Å². The molecule has 1 atom stereocenters. The Labute approximate surface area is 105 Å². The van der Waals surface area contributed by atoms with Gasteiger partial charge in [0.2, 0.25) is 0 Å². The molecule has 4 heteroatoms. The smallest absolute Gasteiger partial charge is 0.120 e. The van der Waals surface area contributed by atoms with Crippen LogP contribution >= 0.6 is 0 Å². The van der Waals surface area contributed by atoms with Crippen molar-refractivity contribution in [1.82, 2.24) is 9.97 Å². The Hall–Kier alpha value is -1.94. The number of aliphatic hydroxyl groups excluding tert-OH is 1. The lowest BCUT2D eigenvalue weighted by atomic mass is 10.0. The molecule has 0 amide bonds. The normalized spacial score (nSPS) is 16.3. The van der Waals surface area contributed by atoms with Crippen molar-refractivity contribution in [3.05, 3.63) is 54.1 Å². The first-order valence-corrected chi connectivity index (χ1v) is 6.02. The fraction of sp³-hybridized carbons (Fsp3) is 0.286. The molecule has 0 bridgehead atoms. The van der Waals surface area contributed by atoms with Crippen molar-refractivity contribution >= 4 is 0 Å². The molecule has 2 aromatic rings. The van der Waals surface area contributed by atoms with Crippen LogP contribution < -0.4 is 4.74 Å². The molecular weight excluding hydrogens is 228 g/mol. The molecule has 18 heavy (non-hydrogen) atoms. The summed E-state index contributed by atoms with van der Waals surface area (Å²) in [6, 6.07) is 7.55. The van der Waals surface area contributed by atoms with Crippen LogP contribution in [0.4, 0.5) is 0 Å². The Morgan fingerprint density at radius 3 is 2.67 bits per heavy atom. The van der Waals surface area contributed by atoms with Crippen LogP contribution in [0.2, 0.25) is 0 Å². The Balaban J connectivity index is 1.82. The van der Waals surface area contributed by atoms with E-state index in [2.05, 4.69) is 9.97 Å². The Morgan fingerprint density at radius 2 is 1.94 bits per heavy atom. The van der Waals surface area contributed by atoms with Crippen molar-refractivity contribution in [3.8, 4) is 5.75 Å². The van der Waals surface area contributed by atoms with Gasteiger partial charge >= 0.3 is 0 Å². The maximum Gasteiger partial charge on any atom is 0.120 e. The van der Waals surface area contributed by atoms with Gasteiger partial charge in [-0.3, -0.25) is 0 Å². The Bertz CT molecular complexity index is 526. The molecule has 1 N–H and O–H groups in total. The number of benzene rings is 1. The third kappa shape index (κ3) is 2.49. The van der Waals surface area contributed by atoms with E-state index < -0.39 is 6.10 Å². The fourth-order valence-corrected chi connectivity index (χ4v) is 1.78. The zero-order chi connectivity index (χ0) is 12.4. The van der Waals surface area contributed by atoms with Crippen LogP contribution in [0.25, 0.3) is 0 Å². The maximum absolute atomic E-state index is 10.2. The van der Waals surface area contributed by atoms with Crippen LogP contribution in [0.5, 0.6) is 5.75 Å². The molecule has 1 aromatic carbocycles. The van der Waals surface area contributed by atoms with Crippen molar-refractivity contribution in [2.45, 2.75) is 25.0 Å².